The molecule has 0 radical (unpaired) electrons. The van der Waals surface area contributed by atoms with Gasteiger partial charge in [0.15, 0.2) is 12.1 Å². The lowest BCUT2D eigenvalue weighted by Crippen LogP contribution is -2.17. The lowest BCUT2D eigenvalue weighted by atomic mass is 9.98. The third kappa shape index (κ3) is 6.22. The number of benzene rings is 2. The quantitative estimate of drug-likeness (QED) is 0.128. The number of hydrogen-bond acceptors (Lipinski definition) is 8. The molecule has 5 rings (SSSR count). The van der Waals surface area contributed by atoms with Gasteiger partial charge in [0.1, 0.15) is 11.2 Å². The molecule has 0 aliphatic rings. The van der Waals surface area contributed by atoms with Crippen molar-refractivity contribution in [2.75, 3.05) is 23.8 Å². The van der Waals surface area contributed by atoms with E-state index in [0.717, 1.165) is 38.8 Å². The Morgan fingerprint density at radius 3 is 2.54 bits per heavy atom. The number of carbonyl (C=O) groups excluding carboxylic acids is 2. The van der Waals surface area contributed by atoms with Crippen LogP contribution in [-0.2, 0) is 6.54 Å². The molecular weight excluding hydrogens is 540 g/mol. The predicted octanol–water partition coefficient (Wildman–Crippen LogP) is 5.54. The van der Waals surface area contributed by atoms with Gasteiger partial charge in [-0.2, -0.15) is 0 Å². The van der Waals surface area contributed by atoms with Crippen molar-refractivity contribution < 1.29 is 14.7 Å². The molecular formula is C31H27ClN6O3. The Kier molecular flexibility index (Phi) is 8.59. The Bertz CT molecular complexity index is 1730. The molecule has 3 heterocycles. The number of anilines is 3. The second-order valence-electron chi connectivity index (χ2n) is 9.29. The van der Waals surface area contributed by atoms with E-state index in [4.69, 9.17) is 16.7 Å². The number of carbonyl (C=O) groups is 2. The minimum Gasteiger partial charge on any atom is -0.395 e. The first-order valence-electron chi connectivity index (χ1n) is 12.9. The van der Waals surface area contributed by atoms with Crippen LogP contribution in [0.4, 0.5) is 17.2 Å². The molecule has 0 saturated heterocycles. The van der Waals surface area contributed by atoms with Gasteiger partial charge in [-0.3, -0.25) is 19.6 Å². The lowest BCUT2D eigenvalue weighted by molar-refractivity contribution is 0.102. The Morgan fingerprint density at radius 1 is 0.976 bits per heavy atom. The van der Waals surface area contributed by atoms with Crippen LogP contribution in [0.2, 0.25) is 5.02 Å². The summed E-state index contributed by atoms with van der Waals surface area (Å²) in [6.07, 6.45) is 5.55. The zero-order valence-electron chi connectivity index (χ0n) is 22.2. The first-order valence-corrected chi connectivity index (χ1v) is 13.3. The number of aromatic nitrogens is 3. The average Bonchev–Trinajstić information content (AvgIpc) is 2.99. The zero-order chi connectivity index (χ0) is 28.8. The number of nitrogens with one attached hydrogen (secondary N) is 3. The first-order chi connectivity index (χ1) is 20.0. The first kappa shape index (κ1) is 27.9. The van der Waals surface area contributed by atoms with Crippen molar-refractivity contribution >= 4 is 51.9 Å². The minimum atomic E-state index is -0.435. The number of fused-ring (bicyclic) bond motifs is 1. The van der Waals surface area contributed by atoms with Crippen molar-refractivity contribution in [3.05, 3.63) is 107 Å². The molecule has 0 spiro atoms. The fourth-order valence-electron chi connectivity index (χ4n) is 4.43. The van der Waals surface area contributed by atoms with Crippen LogP contribution in [0.5, 0.6) is 0 Å². The van der Waals surface area contributed by atoms with Gasteiger partial charge in [0.2, 0.25) is 0 Å². The maximum atomic E-state index is 12.8. The van der Waals surface area contributed by atoms with Crippen LogP contribution >= 0.6 is 11.6 Å². The minimum absolute atomic E-state index is 0.0802. The zero-order valence-corrected chi connectivity index (χ0v) is 22.9. The molecule has 206 valence electrons. The van der Waals surface area contributed by atoms with Crippen LogP contribution in [0.1, 0.15) is 32.0 Å². The maximum absolute atomic E-state index is 12.8. The van der Waals surface area contributed by atoms with E-state index in [1.165, 1.54) is 18.3 Å². The number of hydrogen-bond donors (Lipinski definition) is 4. The van der Waals surface area contributed by atoms with Crippen LogP contribution in [0.3, 0.4) is 0 Å². The van der Waals surface area contributed by atoms with Crippen molar-refractivity contribution in [3.63, 3.8) is 0 Å². The highest BCUT2D eigenvalue weighted by Gasteiger charge is 2.16. The van der Waals surface area contributed by atoms with Crippen molar-refractivity contribution in [1.29, 1.82) is 0 Å². The van der Waals surface area contributed by atoms with Crippen molar-refractivity contribution in [2.24, 2.45) is 0 Å². The van der Waals surface area contributed by atoms with Gasteiger partial charge in [-0.15, -0.1) is 0 Å². The molecule has 0 saturated carbocycles. The summed E-state index contributed by atoms with van der Waals surface area (Å²) in [7, 11) is 0. The van der Waals surface area contributed by atoms with Crippen LogP contribution in [0, 0.1) is 6.92 Å². The summed E-state index contributed by atoms with van der Waals surface area (Å²) in [6.45, 7) is 3.20. The summed E-state index contributed by atoms with van der Waals surface area (Å²) >= 11 is 6.80. The van der Waals surface area contributed by atoms with Gasteiger partial charge in [-0.05, 0) is 60.0 Å². The number of aliphatic hydroxyl groups is 1. The van der Waals surface area contributed by atoms with E-state index in [2.05, 4.69) is 37.0 Å². The summed E-state index contributed by atoms with van der Waals surface area (Å²) in [5, 5.41) is 19.7. The molecule has 0 fully saturated rings. The molecule has 0 bridgehead atoms. The molecule has 0 aliphatic heterocycles. The number of nitrogens with zero attached hydrogens (tertiary/aromatic N) is 3. The third-order valence-corrected chi connectivity index (χ3v) is 6.96. The highest BCUT2D eigenvalue weighted by atomic mass is 35.5. The Balaban J connectivity index is 1.41. The Labute approximate surface area is 241 Å². The van der Waals surface area contributed by atoms with Gasteiger partial charge >= 0.3 is 0 Å². The van der Waals surface area contributed by atoms with E-state index >= 15 is 0 Å². The molecule has 10 heteroatoms. The SMILES string of the molecule is Cc1c(Nc2nccc3cc(CNCCO)cnc23)cccc1-c1cccc(NC(=O)c2ccc(C=O)cn2)c1Cl. The smallest absolute Gasteiger partial charge is 0.274 e. The third-order valence-electron chi connectivity index (χ3n) is 6.55. The topological polar surface area (TPSA) is 129 Å². The van der Waals surface area contributed by atoms with Gasteiger partial charge in [-0.25, -0.2) is 4.98 Å². The highest BCUT2D eigenvalue weighted by Crippen LogP contribution is 2.38. The second kappa shape index (κ2) is 12.6. The van der Waals surface area contributed by atoms with Gasteiger partial charge in [-0.1, -0.05) is 35.9 Å². The predicted molar refractivity (Wildman–Crippen MR) is 161 cm³/mol. The van der Waals surface area contributed by atoms with Gasteiger partial charge in [0.05, 0.1) is 17.3 Å². The molecule has 5 aromatic rings. The normalized spacial score (nSPS) is 10.9. The largest absolute Gasteiger partial charge is 0.395 e. The van der Waals surface area contributed by atoms with E-state index in [1.54, 1.807) is 18.5 Å². The van der Waals surface area contributed by atoms with Crippen molar-refractivity contribution in [3.8, 4) is 11.1 Å². The van der Waals surface area contributed by atoms with E-state index in [9.17, 15) is 9.59 Å². The second-order valence-corrected chi connectivity index (χ2v) is 9.67. The summed E-state index contributed by atoms with van der Waals surface area (Å²) in [4.78, 5) is 36.9. The molecule has 0 unspecified atom stereocenters. The Hall–Kier alpha value is -4.70. The summed E-state index contributed by atoms with van der Waals surface area (Å²) in [5.41, 5.74) is 6.15. The molecule has 41 heavy (non-hydrogen) atoms. The molecule has 9 nitrogen and oxygen atoms in total. The fourth-order valence-corrected chi connectivity index (χ4v) is 4.70. The molecule has 0 aliphatic carbocycles. The van der Waals surface area contributed by atoms with E-state index < -0.39 is 5.91 Å². The number of aldehydes is 1. The molecule has 0 atom stereocenters. The van der Waals surface area contributed by atoms with Gasteiger partial charge in [0.25, 0.3) is 5.91 Å². The summed E-state index contributed by atoms with van der Waals surface area (Å²) < 4.78 is 0. The molecule has 1 amide bonds. The van der Waals surface area contributed by atoms with Crippen LogP contribution in [-0.4, -0.2) is 45.4 Å². The Morgan fingerprint density at radius 2 is 1.78 bits per heavy atom. The number of aliphatic hydroxyl groups excluding tert-OH is 1. The average molecular weight is 567 g/mol. The van der Waals surface area contributed by atoms with E-state index in [1.807, 2.05) is 43.3 Å². The van der Waals surface area contributed by atoms with E-state index in [-0.39, 0.29) is 12.3 Å². The number of amides is 1. The van der Waals surface area contributed by atoms with Crippen LogP contribution < -0.4 is 16.0 Å². The molecule has 4 N–H and O–H groups in total. The van der Waals surface area contributed by atoms with Crippen LogP contribution in [0.25, 0.3) is 22.0 Å². The highest BCUT2D eigenvalue weighted by molar-refractivity contribution is 6.36. The van der Waals surface area contributed by atoms with Gasteiger partial charge in [0, 0.05) is 53.9 Å². The van der Waals surface area contributed by atoms with Crippen molar-refractivity contribution in [1.82, 2.24) is 20.3 Å². The number of halogens is 1. The van der Waals surface area contributed by atoms with E-state index in [0.29, 0.717) is 41.5 Å². The number of pyridine rings is 3. The maximum Gasteiger partial charge on any atom is 0.274 e. The fraction of sp³-hybridized carbons (Fsp3) is 0.129. The van der Waals surface area contributed by atoms with Gasteiger partial charge < -0.3 is 21.1 Å². The van der Waals surface area contributed by atoms with Crippen LogP contribution in [0.15, 0.2) is 79.3 Å². The number of rotatable bonds is 10. The van der Waals surface area contributed by atoms with Crippen molar-refractivity contribution in [2.45, 2.75) is 13.5 Å². The molecule has 3 aromatic heterocycles. The molecule has 2 aromatic carbocycles. The summed E-state index contributed by atoms with van der Waals surface area (Å²) in [6, 6.07) is 18.3. The standard InChI is InChI=1S/C31H27ClN6O3/c1-19-23(24-5-3-7-26(28(24)32)38-31(41)27-9-8-20(18-40)16-35-27)4-2-6-25(19)37-30-29-22(10-11-34-30)14-21(17-36-29)15-33-12-13-39/h2-11,14,16-18,33,39H,12-13,15H2,1H3,(H,34,37)(H,38,41). The summed E-state index contributed by atoms with van der Waals surface area (Å²) in [5.74, 6) is 0.188. The lowest BCUT2D eigenvalue weighted by Gasteiger charge is -2.16. The monoisotopic (exact) mass is 566 g/mol.